The number of piperidine rings is 1. The number of likely N-dealkylation sites (tertiary alicyclic amines) is 1. The summed E-state index contributed by atoms with van der Waals surface area (Å²) in [7, 11) is 0. The van der Waals surface area contributed by atoms with E-state index in [9.17, 15) is 19.5 Å². The lowest BCUT2D eigenvalue weighted by Crippen LogP contribution is -2.55. The number of Topliss-reactive ketones (excluding diaryl/α,β-unsaturated/α-hetero) is 1. The molecule has 4 aromatic rings. The number of rotatable bonds is 10. The van der Waals surface area contributed by atoms with Crippen molar-refractivity contribution in [2.24, 2.45) is 11.8 Å². The molecule has 2 aliphatic heterocycles. The fourth-order valence-electron chi connectivity index (χ4n) is 6.47. The van der Waals surface area contributed by atoms with Crippen LogP contribution in [0.15, 0.2) is 73.1 Å². The Hall–Kier alpha value is -4.08. The summed E-state index contributed by atoms with van der Waals surface area (Å²) in [4.78, 5) is 53.3. The van der Waals surface area contributed by atoms with E-state index in [0.717, 1.165) is 52.6 Å². The van der Waals surface area contributed by atoms with Gasteiger partial charge in [-0.25, -0.2) is 9.97 Å². The minimum Gasteiger partial charge on any atom is -0.481 e. The number of hydrogen-bond acceptors (Lipinski definition) is 7. The van der Waals surface area contributed by atoms with Gasteiger partial charge in [0.2, 0.25) is 5.91 Å². The number of amides is 1. The monoisotopic (exact) mass is 684 g/mol. The van der Waals surface area contributed by atoms with Gasteiger partial charge in [-0.2, -0.15) is 0 Å². The zero-order chi connectivity index (χ0) is 34.0. The van der Waals surface area contributed by atoms with Gasteiger partial charge in [0.1, 0.15) is 0 Å². The molecule has 48 heavy (non-hydrogen) atoms. The Morgan fingerprint density at radius 2 is 1.67 bits per heavy atom. The van der Waals surface area contributed by atoms with Crippen LogP contribution in [0.2, 0.25) is 5.02 Å². The molecular formula is C38H41ClN4O4S. The molecule has 1 N–H and O–H groups in total. The van der Waals surface area contributed by atoms with Gasteiger partial charge in [0, 0.05) is 54.0 Å². The Labute approximate surface area is 290 Å². The third-order valence-electron chi connectivity index (χ3n) is 9.46. The zero-order valence-electron chi connectivity index (χ0n) is 27.6. The summed E-state index contributed by atoms with van der Waals surface area (Å²) in [6.07, 6.45) is 6.29. The molecule has 250 valence electrons. The fraction of sp³-hybridized carbons (Fsp3) is 0.395. The highest BCUT2D eigenvalue weighted by Crippen LogP contribution is 2.33. The summed E-state index contributed by atoms with van der Waals surface area (Å²) in [5.74, 6) is -1.16. The summed E-state index contributed by atoms with van der Waals surface area (Å²) < 4.78 is 0. The number of carbonyl (C=O) groups is 3. The van der Waals surface area contributed by atoms with E-state index < -0.39 is 17.8 Å². The van der Waals surface area contributed by atoms with E-state index in [1.807, 2.05) is 60.9 Å². The minimum atomic E-state index is -0.899. The van der Waals surface area contributed by atoms with E-state index in [0.29, 0.717) is 23.0 Å². The number of nitrogens with zero attached hydrogens (tertiary/aromatic N) is 4. The molecule has 0 radical (unpaired) electrons. The van der Waals surface area contributed by atoms with Gasteiger partial charge in [-0.1, -0.05) is 68.8 Å². The first-order chi connectivity index (χ1) is 22.9. The second-order valence-corrected chi connectivity index (χ2v) is 15.5. The van der Waals surface area contributed by atoms with Crippen molar-refractivity contribution < 1.29 is 19.5 Å². The number of carbonyl (C=O) groups excluding carboxylic acids is 2. The molecule has 8 nitrogen and oxygen atoms in total. The number of anilines is 1. The summed E-state index contributed by atoms with van der Waals surface area (Å²) in [5, 5.41) is 10.1. The summed E-state index contributed by atoms with van der Waals surface area (Å²) in [6.45, 7) is 8.54. The van der Waals surface area contributed by atoms with Crippen LogP contribution in [0.5, 0.6) is 0 Å². The van der Waals surface area contributed by atoms with Crippen LogP contribution in [0.3, 0.4) is 0 Å². The lowest BCUT2D eigenvalue weighted by atomic mass is 9.89. The van der Waals surface area contributed by atoms with Crippen LogP contribution in [0.25, 0.3) is 11.4 Å². The zero-order valence-corrected chi connectivity index (χ0v) is 29.1. The second kappa shape index (κ2) is 14.2. The number of halogens is 1. The number of ketones is 1. The average molecular weight is 685 g/mol. The van der Waals surface area contributed by atoms with Crippen molar-refractivity contribution in [1.29, 1.82) is 0 Å². The fourth-order valence-corrected chi connectivity index (χ4v) is 7.69. The smallest absolute Gasteiger partial charge is 0.310 e. The van der Waals surface area contributed by atoms with Gasteiger partial charge in [0.25, 0.3) is 0 Å². The largest absolute Gasteiger partial charge is 0.481 e. The molecule has 6 rings (SSSR count). The average Bonchev–Trinajstić information content (AvgIpc) is 3.56. The van der Waals surface area contributed by atoms with E-state index in [2.05, 4.69) is 47.8 Å². The van der Waals surface area contributed by atoms with Crippen molar-refractivity contribution >= 4 is 46.3 Å². The van der Waals surface area contributed by atoms with Gasteiger partial charge >= 0.3 is 5.97 Å². The van der Waals surface area contributed by atoms with Crippen molar-refractivity contribution in [3.63, 3.8) is 0 Å². The lowest BCUT2D eigenvalue weighted by Gasteiger charge is -2.38. The minimum absolute atomic E-state index is 0.0664. The number of carboxylic acids is 1. The molecule has 2 saturated heterocycles. The molecule has 1 amide bonds. The maximum Gasteiger partial charge on any atom is 0.310 e. The first kappa shape index (κ1) is 33.8. The molecule has 1 atom stereocenters. The van der Waals surface area contributed by atoms with Gasteiger partial charge in [-0.3, -0.25) is 14.4 Å². The summed E-state index contributed by atoms with van der Waals surface area (Å²) in [6, 6.07) is 19.8. The van der Waals surface area contributed by atoms with Crippen LogP contribution in [0.1, 0.15) is 71.6 Å². The molecular weight excluding hydrogens is 644 g/mol. The van der Waals surface area contributed by atoms with Crippen LogP contribution < -0.4 is 4.90 Å². The van der Waals surface area contributed by atoms with Crippen LogP contribution >= 0.6 is 22.9 Å². The van der Waals surface area contributed by atoms with Gasteiger partial charge in [0.05, 0.1) is 28.9 Å². The maximum atomic E-state index is 13.5. The number of aromatic nitrogens is 2. The molecule has 0 bridgehead atoms. The van der Waals surface area contributed by atoms with Crippen molar-refractivity contribution in [3.8, 4) is 11.4 Å². The Morgan fingerprint density at radius 3 is 2.27 bits per heavy atom. The van der Waals surface area contributed by atoms with Crippen LogP contribution in [0.4, 0.5) is 5.69 Å². The highest BCUT2D eigenvalue weighted by molar-refractivity contribution is 7.14. The number of thiophene rings is 1. The Morgan fingerprint density at radius 1 is 0.979 bits per heavy atom. The number of hydrogen-bond donors (Lipinski definition) is 1. The van der Waals surface area contributed by atoms with Crippen LogP contribution in [-0.4, -0.2) is 63.8 Å². The molecule has 10 heteroatoms. The molecule has 2 aromatic heterocycles. The number of carboxylic acid groups (broad SMARTS) is 1. The summed E-state index contributed by atoms with van der Waals surface area (Å²) >= 11 is 7.69. The molecule has 4 heterocycles. The predicted octanol–water partition coefficient (Wildman–Crippen LogP) is 7.51. The van der Waals surface area contributed by atoms with Crippen LogP contribution in [0, 0.1) is 11.8 Å². The SMILES string of the molecule is CC(C)(C)c1ccc(C(=O)C[C@@H](Cc2ccc(-c3ncc(N4CCC(c5cccc(Cl)c5)CC4)cn3)cc2)C(=O)N2CC(C(=O)O)C2)s1. The number of aliphatic carboxylic acids is 1. The predicted molar refractivity (Wildman–Crippen MR) is 190 cm³/mol. The highest BCUT2D eigenvalue weighted by atomic mass is 35.5. The molecule has 2 aromatic carbocycles. The Kier molecular flexibility index (Phi) is 9.99. The molecule has 0 unspecified atom stereocenters. The second-order valence-electron chi connectivity index (χ2n) is 14.0. The standard InChI is InChI=1S/C38H41ClN4O4S/c1-38(2,3)34-12-11-33(48-34)32(44)19-28(36(45)43-22-29(23-43)37(46)47)17-24-7-9-26(10-8-24)35-40-20-31(21-41-35)42-15-13-25(14-16-42)27-5-4-6-30(39)18-27/h4-12,18,20-21,25,28-29H,13-17,19,22-23H2,1-3H3,(H,46,47)/t28-/m1/s1. The Bertz CT molecular complexity index is 1770. The quantitative estimate of drug-likeness (QED) is 0.172. The van der Waals surface area contributed by atoms with E-state index in [-0.39, 0.29) is 36.6 Å². The van der Waals surface area contributed by atoms with Crippen molar-refractivity contribution in [3.05, 3.63) is 99.0 Å². The van der Waals surface area contributed by atoms with Crippen LogP contribution in [-0.2, 0) is 21.4 Å². The van der Waals surface area contributed by atoms with E-state index >= 15 is 0 Å². The molecule has 0 aliphatic carbocycles. The molecule has 0 spiro atoms. The van der Waals surface area contributed by atoms with Gasteiger partial charge in [0.15, 0.2) is 11.6 Å². The topological polar surface area (TPSA) is 104 Å². The molecule has 0 saturated carbocycles. The maximum absolute atomic E-state index is 13.5. The Balaban J connectivity index is 1.10. The van der Waals surface area contributed by atoms with Gasteiger partial charge in [-0.05, 0) is 66.0 Å². The van der Waals surface area contributed by atoms with Crippen molar-refractivity contribution in [1.82, 2.24) is 14.9 Å². The third-order valence-corrected chi connectivity index (χ3v) is 11.2. The number of benzene rings is 2. The first-order valence-electron chi connectivity index (χ1n) is 16.5. The lowest BCUT2D eigenvalue weighted by molar-refractivity contribution is -0.154. The van der Waals surface area contributed by atoms with E-state index in [4.69, 9.17) is 11.6 Å². The third kappa shape index (κ3) is 7.79. The highest BCUT2D eigenvalue weighted by Gasteiger charge is 2.39. The van der Waals surface area contributed by atoms with E-state index in [1.54, 1.807) is 4.90 Å². The first-order valence-corrected chi connectivity index (χ1v) is 17.7. The van der Waals surface area contributed by atoms with E-state index in [1.165, 1.54) is 16.9 Å². The molecule has 2 aliphatic rings. The molecule has 2 fully saturated rings. The van der Waals surface area contributed by atoms with Gasteiger partial charge < -0.3 is 14.9 Å². The van der Waals surface area contributed by atoms with Crippen molar-refractivity contribution in [2.45, 2.75) is 57.8 Å². The normalized spacial score (nSPS) is 16.4. The van der Waals surface area contributed by atoms with Crippen molar-refractivity contribution in [2.75, 3.05) is 31.1 Å². The van der Waals surface area contributed by atoms with Gasteiger partial charge in [-0.15, -0.1) is 11.3 Å². The summed E-state index contributed by atoms with van der Waals surface area (Å²) in [5.41, 5.74) is 4.01.